The van der Waals surface area contributed by atoms with Crippen LogP contribution in [-0.4, -0.2) is 75.1 Å². The zero-order chi connectivity index (χ0) is 24.3. The molecule has 13 heteroatoms. The van der Waals surface area contributed by atoms with E-state index >= 15 is 0 Å². The summed E-state index contributed by atoms with van der Waals surface area (Å²) in [5, 5.41) is 33.3. The highest BCUT2D eigenvalue weighted by molar-refractivity contribution is 5.95. The van der Waals surface area contributed by atoms with Gasteiger partial charge >= 0.3 is 17.9 Å². The maximum Gasteiger partial charge on any atom is 0.325 e. The highest BCUT2D eigenvalue weighted by atomic mass is 16.4. The van der Waals surface area contributed by atoms with Gasteiger partial charge in [-0.3, -0.25) is 28.8 Å². The number of rotatable bonds is 14. The van der Waals surface area contributed by atoms with Gasteiger partial charge in [0.15, 0.2) is 0 Å². The van der Waals surface area contributed by atoms with Crippen molar-refractivity contribution in [3.8, 4) is 0 Å². The van der Waals surface area contributed by atoms with E-state index in [2.05, 4.69) is 16.0 Å². The standard InChI is InChI=1S/C18H30N4O9/c1-4-8(2)14(19)17(29)22-11(7-13(25)26)16(28)21-10(5-6-12(23)24)15(27)20-9(3)18(30)31/h8-11,14H,4-7,19H2,1-3H3,(H,20,27)(H,21,28)(H,22,29)(H,23,24)(H,25,26)(H,30,31). The molecule has 0 aromatic rings. The van der Waals surface area contributed by atoms with Gasteiger partial charge in [0.05, 0.1) is 12.5 Å². The summed E-state index contributed by atoms with van der Waals surface area (Å²) < 4.78 is 0. The Labute approximate surface area is 178 Å². The number of hydrogen-bond donors (Lipinski definition) is 7. The Morgan fingerprint density at radius 1 is 0.806 bits per heavy atom. The van der Waals surface area contributed by atoms with Crippen LogP contribution in [0.25, 0.3) is 0 Å². The van der Waals surface area contributed by atoms with Gasteiger partial charge in [-0.05, 0) is 19.3 Å². The first-order valence-corrected chi connectivity index (χ1v) is 9.63. The molecule has 8 N–H and O–H groups in total. The lowest BCUT2D eigenvalue weighted by Crippen LogP contribution is -2.57. The molecule has 176 valence electrons. The maximum atomic E-state index is 12.6. The minimum atomic E-state index is -1.59. The van der Waals surface area contributed by atoms with Crippen molar-refractivity contribution in [1.82, 2.24) is 16.0 Å². The molecular weight excluding hydrogens is 416 g/mol. The molecule has 0 aliphatic heterocycles. The van der Waals surface area contributed by atoms with E-state index in [9.17, 15) is 28.8 Å². The van der Waals surface area contributed by atoms with Crippen molar-refractivity contribution >= 4 is 35.6 Å². The van der Waals surface area contributed by atoms with Crippen LogP contribution in [0.2, 0.25) is 0 Å². The zero-order valence-electron chi connectivity index (χ0n) is 17.6. The normalized spacial score (nSPS) is 15.5. The summed E-state index contributed by atoms with van der Waals surface area (Å²) in [6.07, 6.45) is -1.18. The van der Waals surface area contributed by atoms with Crippen LogP contribution in [0, 0.1) is 5.92 Å². The van der Waals surface area contributed by atoms with Crippen LogP contribution in [-0.2, 0) is 28.8 Å². The van der Waals surface area contributed by atoms with Crippen LogP contribution >= 0.6 is 0 Å². The quantitative estimate of drug-likeness (QED) is 0.159. The lowest BCUT2D eigenvalue weighted by Gasteiger charge is -2.25. The highest BCUT2D eigenvalue weighted by Crippen LogP contribution is 2.07. The molecule has 3 amide bonds. The Hall–Kier alpha value is -3.22. The van der Waals surface area contributed by atoms with Crippen LogP contribution in [0.5, 0.6) is 0 Å². The van der Waals surface area contributed by atoms with Crippen LogP contribution in [0.3, 0.4) is 0 Å². The Bertz CT molecular complexity index is 698. The summed E-state index contributed by atoms with van der Waals surface area (Å²) in [6, 6.07) is -5.38. The molecule has 5 atom stereocenters. The Balaban J connectivity index is 5.47. The maximum absolute atomic E-state index is 12.6. The van der Waals surface area contributed by atoms with Crippen molar-refractivity contribution < 1.29 is 44.1 Å². The lowest BCUT2D eigenvalue weighted by atomic mass is 9.99. The summed E-state index contributed by atoms with van der Waals surface area (Å²) in [7, 11) is 0. The second kappa shape index (κ2) is 13.2. The summed E-state index contributed by atoms with van der Waals surface area (Å²) in [6.45, 7) is 4.66. The lowest BCUT2D eigenvalue weighted by molar-refractivity contribution is -0.143. The molecule has 0 heterocycles. The van der Waals surface area contributed by atoms with Crippen molar-refractivity contribution in [3.63, 3.8) is 0 Å². The van der Waals surface area contributed by atoms with E-state index in [0.717, 1.165) is 0 Å². The number of nitrogens with one attached hydrogen (secondary N) is 3. The molecular formula is C18H30N4O9. The third-order valence-corrected chi connectivity index (χ3v) is 4.58. The molecule has 0 aliphatic carbocycles. The second-order valence-corrected chi connectivity index (χ2v) is 7.13. The highest BCUT2D eigenvalue weighted by Gasteiger charge is 2.31. The molecule has 0 radical (unpaired) electrons. The summed E-state index contributed by atoms with van der Waals surface area (Å²) in [4.78, 5) is 70.0. The van der Waals surface area contributed by atoms with Gasteiger partial charge in [0.1, 0.15) is 18.1 Å². The van der Waals surface area contributed by atoms with E-state index in [1.807, 2.05) is 0 Å². The van der Waals surface area contributed by atoms with Crippen molar-refractivity contribution in [3.05, 3.63) is 0 Å². The van der Waals surface area contributed by atoms with Crippen LogP contribution in [0.15, 0.2) is 0 Å². The van der Waals surface area contributed by atoms with E-state index in [1.54, 1.807) is 13.8 Å². The molecule has 0 saturated heterocycles. The van der Waals surface area contributed by atoms with Crippen LogP contribution < -0.4 is 21.7 Å². The zero-order valence-corrected chi connectivity index (χ0v) is 17.6. The number of carboxylic acid groups (broad SMARTS) is 3. The molecule has 31 heavy (non-hydrogen) atoms. The number of carbonyl (C=O) groups excluding carboxylic acids is 3. The molecule has 0 aromatic heterocycles. The predicted molar refractivity (Wildman–Crippen MR) is 106 cm³/mol. The first-order chi connectivity index (χ1) is 14.3. The van der Waals surface area contributed by atoms with Gasteiger partial charge in [0.25, 0.3) is 0 Å². The predicted octanol–water partition coefficient (Wildman–Crippen LogP) is -1.74. The molecule has 0 saturated carbocycles. The SMILES string of the molecule is CCC(C)C(N)C(=O)NC(CC(=O)O)C(=O)NC(CCC(=O)O)C(=O)NC(C)C(=O)O. The summed E-state index contributed by atoms with van der Waals surface area (Å²) in [5.74, 6) is -7.08. The van der Waals surface area contributed by atoms with Crippen molar-refractivity contribution in [1.29, 1.82) is 0 Å². The van der Waals surface area contributed by atoms with Crippen LogP contribution in [0.1, 0.15) is 46.5 Å². The number of nitrogens with two attached hydrogens (primary N) is 1. The average Bonchev–Trinajstić information content (AvgIpc) is 2.68. The van der Waals surface area contributed by atoms with Gasteiger partial charge in [-0.1, -0.05) is 20.3 Å². The van der Waals surface area contributed by atoms with Gasteiger partial charge in [0, 0.05) is 6.42 Å². The molecule has 5 unspecified atom stereocenters. The van der Waals surface area contributed by atoms with Crippen molar-refractivity contribution in [2.24, 2.45) is 11.7 Å². The van der Waals surface area contributed by atoms with E-state index in [4.69, 9.17) is 21.1 Å². The first kappa shape index (κ1) is 27.8. The van der Waals surface area contributed by atoms with Crippen molar-refractivity contribution in [2.45, 2.75) is 70.6 Å². The largest absolute Gasteiger partial charge is 0.481 e. The fourth-order valence-corrected chi connectivity index (χ4v) is 2.35. The van der Waals surface area contributed by atoms with Crippen LogP contribution in [0.4, 0.5) is 0 Å². The van der Waals surface area contributed by atoms with E-state index < -0.39 is 72.6 Å². The molecule has 0 fully saturated rings. The fourth-order valence-electron chi connectivity index (χ4n) is 2.35. The minimum absolute atomic E-state index is 0.250. The summed E-state index contributed by atoms with van der Waals surface area (Å²) >= 11 is 0. The van der Waals surface area contributed by atoms with Gasteiger partial charge in [0.2, 0.25) is 17.7 Å². The molecule has 13 nitrogen and oxygen atoms in total. The number of hydrogen-bond acceptors (Lipinski definition) is 7. The number of amides is 3. The van der Waals surface area contributed by atoms with E-state index in [1.165, 1.54) is 6.92 Å². The smallest absolute Gasteiger partial charge is 0.325 e. The fraction of sp³-hybridized carbons (Fsp3) is 0.667. The first-order valence-electron chi connectivity index (χ1n) is 9.63. The van der Waals surface area contributed by atoms with Crippen molar-refractivity contribution in [2.75, 3.05) is 0 Å². The second-order valence-electron chi connectivity index (χ2n) is 7.13. The average molecular weight is 446 g/mol. The Morgan fingerprint density at radius 3 is 1.77 bits per heavy atom. The molecule has 0 aromatic carbocycles. The molecule has 0 spiro atoms. The molecule has 0 aliphatic rings. The minimum Gasteiger partial charge on any atom is -0.481 e. The monoisotopic (exact) mass is 446 g/mol. The Morgan fingerprint density at radius 2 is 1.32 bits per heavy atom. The molecule has 0 bridgehead atoms. The summed E-state index contributed by atoms with van der Waals surface area (Å²) in [5.41, 5.74) is 5.79. The Kier molecular flexibility index (Phi) is 11.8. The van der Waals surface area contributed by atoms with Gasteiger partial charge < -0.3 is 37.0 Å². The number of carboxylic acids is 3. The number of aliphatic carboxylic acids is 3. The van der Waals surface area contributed by atoms with E-state index in [-0.39, 0.29) is 12.3 Å². The van der Waals surface area contributed by atoms with Gasteiger partial charge in [-0.25, -0.2) is 0 Å². The molecule has 0 rings (SSSR count). The van der Waals surface area contributed by atoms with Gasteiger partial charge in [-0.2, -0.15) is 0 Å². The topological polar surface area (TPSA) is 225 Å². The third kappa shape index (κ3) is 10.4. The van der Waals surface area contributed by atoms with Gasteiger partial charge in [-0.15, -0.1) is 0 Å². The third-order valence-electron chi connectivity index (χ3n) is 4.58. The number of carbonyl (C=O) groups is 6. The van der Waals surface area contributed by atoms with E-state index in [0.29, 0.717) is 6.42 Å².